The van der Waals surface area contributed by atoms with Crippen LogP contribution in [0, 0.1) is 18.3 Å². The highest BCUT2D eigenvalue weighted by molar-refractivity contribution is 7.88. The Balaban J connectivity index is 2.13. The molecule has 2 rings (SSSR count). The molecule has 1 saturated heterocycles. The summed E-state index contributed by atoms with van der Waals surface area (Å²) in [6, 6.07) is 1.98. The third-order valence-electron chi connectivity index (χ3n) is 2.82. The van der Waals surface area contributed by atoms with Gasteiger partial charge in [-0.25, -0.2) is 13.4 Å². The second-order valence-electron chi connectivity index (χ2n) is 4.15. The molecular weight excluding hydrogens is 256 g/mol. The number of oxazole rings is 1. The van der Waals surface area contributed by atoms with Gasteiger partial charge in [0, 0.05) is 33.1 Å². The summed E-state index contributed by atoms with van der Waals surface area (Å²) in [6.07, 6.45) is 1.20. The summed E-state index contributed by atoms with van der Waals surface area (Å²) in [5, 5.41) is 8.94. The number of hydrogen-bond donors (Lipinski definition) is 0. The Morgan fingerprint density at radius 3 is 2.44 bits per heavy atom. The number of rotatable bonds is 2. The zero-order valence-electron chi connectivity index (χ0n) is 10.3. The number of piperazine rings is 1. The topological polar surface area (TPSA) is 90.4 Å². The van der Waals surface area contributed by atoms with Crippen LogP contribution in [-0.2, 0) is 10.0 Å². The van der Waals surface area contributed by atoms with Crippen LogP contribution in [0.2, 0.25) is 0 Å². The highest BCUT2D eigenvalue weighted by atomic mass is 32.2. The van der Waals surface area contributed by atoms with E-state index in [0.29, 0.717) is 38.0 Å². The number of aromatic nitrogens is 1. The molecule has 0 unspecified atom stereocenters. The fourth-order valence-corrected chi connectivity index (χ4v) is 2.75. The maximum Gasteiger partial charge on any atom is 0.234 e. The molecule has 0 aliphatic carbocycles. The minimum atomic E-state index is -3.15. The Morgan fingerprint density at radius 1 is 1.33 bits per heavy atom. The van der Waals surface area contributed by atoms with Crippen molar-refractivity contribution in [1.29, 1.82) is 5.26 Å². The van der Waals surface area contributed by atoms with Gasteiger partial charge in [-0.1, -0.05) is 0 Å². The largest absolute Gasteiger partial charge is 0.424 e. The molecule has 0 spiro atoms. The van der Waals surface area contributed by atoms with E-state index in [1.54, 1.807) is 6.92 Å². The number of sulfonamides is 1. The average Bonchev–Trinajstić information content (AvgIpc) is 2.69. The van der Waals surface area contributed by atoms with Gasteiger partial charge >= 0.3 is 0 Å². The van der Waals surface area contributed by atoms with E-state index in [0.717, 1.165) is 0 Å². The van der Waals surface area contributed by atoms with Gasteiger partial charge in [-0.3, -0.25) is 0 Å². The molecule has 1 aromatic heterocycles. The van der Waals surface area contributed by atoms with Crippen LogP contribution >= 0.6 is 0 Å². The van der Waals surface area contributed by atoms with E-state index >= 15 is 0 Å². The molecule has 1 fully saturated rings. The zero-order chi connectivity index (χ0) is 13.3. The van der Waals surface area contributed by atoms with Gasteiger partial charge in [-0.15, -0.1) is 0 Å². The number of aryl methyl sites for hydroxylation is 1. The van der Waals surface area contributed by atoms with Gasteiger partial charge in [0.2, 0.25) is 21.6 Å². The third-order valence-corrected chi connectivity index (χ3v) is 4.12. The monoisotopic (exact) mass is 270 g/mol. The summed E-state index contributed by atoms with van der Waals surface area (Å²) in [7, 11) is -3.15. The van der Waals surface area contributed by atoms with Crippen molar-refractivity contribution >= 4 is 15.9 Å². The molecule has 8 heteroatoms. The Morgan fingerprint density at radius 2 is 1.94 bits per heavy atom. The van der Waals surface area contributed by atoms with E-state index in [1.807, 2.05) is 11.0 Å². The van der Waals surface area contributed by atoms with Crippen LogP contribution in [0.5, 0.6) is 0 Å². The number of nitrogens with zero attached hydrogens (tertiary/aromatic N) is 4. The van der Waals surface area contributed by atoms with Crippen molar-refractivity contribution in [3.05, 3.63) is 11.6 Å². The highest BCUT2D eigenvalue weighted by Crippen LogP contribution is 2.22. The molecule has 0 atom stereocenters. The SMILES string of the molecule is Cc1nc(C#N)c(N2CCN(S(C)(=O)=O)CC2)o1. The predicted octanol–water partition coefficient (Wildman–Crippen LogP) is -0.0637. The first kappa shape index (κ1) is 12.9. The fourth-order valence-electron chi connectivity index (χ4n) is 1.93. The van der Waals surface area contributed by atoms with E-state index in [1.165, 1.54) is 10.6 Å². The lowest BCUT2D eigenvalue weighted by Crippen LogP contribution is -2.48. The van der Waals surface area contributed by atoms with Crippen molar-refractivity contribution in [3.63, 3.8) is 0 Å². The van der Waals surface area contributed by atoms with Crippen LogP contribution in [0.1, 0.15) is 11.6 Å². The van der Waals surface area contributed by atoms with Gasteiger partial charge in [0.1, 0.15) is 6.07 Å². The van der Waals surface area contributed by atoms with Gasteiger partial charge in [0.25, 0.3) is 0 Å². The molecule has 0 amide bonds. The molecule has 2 heterocycles. The molecule has 1 aromatic rings. The van der Waals surface area contributed by atoms with E-state index in [2.05, 4.69) is 4.98 Å². The first-order chi connectivity index (χ1) is 8.41. The minimum absolute atomic E-state index is 0.250. The van der Waals surface area contributed by atoms with E-state index < -0.39 is 10.0 Å². The molecule has 0 N–H and O–H groups in total. The summed E-state index contributed by atoms with van der Waals surface area (Å²) >= 11 is 0. The first-order valence-electron chi connectivity index (χ1n) is 5.49. The first-order valence-corrected chi connectivity index (χ1v) is 7.34. The quantitative estimate of drug-likeness (QED) is 0.747. The van der Waals surface area contributed by atoms with Crippen molar-refractivity contribution in [3.8, 4) is 6.07 Å². The summed E-state index contributed by atoms with van der Waals surface area (Å²) in [5.74, 6) is 0.871. The van der Waals surface area contributed by atoms with Gasteiger partial charge in [0.15, 0.2) is 5.89 Å². The van der Waals surface area contributed by atoms with Crippen LogP contribution in [0.4, 0.5) is 5.88 Å². The number of hydrogen-bond acceptors (Lipinski definition) is 6. The minimum Gasteiger partial charge on any atom is -0.424 e. The van der Waals surface area contributed by atoms with Crippen LogP contribution in [0.25, 0.3) is 0 Å². The molecule has 0 aromatic carbocycles. The number of anilines is 1. The molecule has 18 heavy (non-hydrogen) atoms. The lowest BCUT2D eigenvalue weighted by atomic mass is 10.3. The molecule has 0 radical (unpaired) electrons. The van der Waals surface area contributed by atoms with Crippen LogP contribution in [0.15, 0.2) is 4.42 Å². The number of nitriles is 1. The van der Waals surface area contributed by atoms with Crippen LogP contribution in [0.3, 0.4) is 0 Å². The second kappa shape index (κ2) is 4.59. The molecule has 7 nitrogen and oxygen atoms in total. The van der Waals surface area contributed by atoms with Crippen LogP contribution < -0.4 is 4.90 Å². The zero-order valence-corrected chi connectivity index (χ0v) is 11.1. The smallest absolute Gasteiger partial charge is 0.234 e. The maximum atomic E-state index is 11.4. The normalized spacial score (nSPS) is 17.7. The molecule has 1 aliphatic rings. The summed E-state index contributed by atoms with van der Waals surface area (Å²) in [4.78, 5) is 5.82. The molecule has 98 valence electrons. The summed E-state index contributed by atoms with van der Waals surface area (Å²) in [5.41, 5.74) is 0.250. The fraction of sp³-hybridized carbons (Fsp3) is 0.600. The second-order valence-corrected chi connectivity index (χ2v) is 6.13. The maximum absolute atomic E-state index is 11.4. The Hall–Kier alpha value is -1.59. The molecular formula is C10H14N4O3S. The van der Waals surface area contributed by atoms with E-state index in [9.17, 15) is 8.42 Å². The van der Waals surface area contributed by atoms with E-state index in [-0.39, 0.29) is 5.69 Å². The van der Waals surface area contributed by atoms with Gasteiger partial charge < -0.3 is 9.32 Å². The van der Waals surface area contributed by atoms with Gasteiger partial charge in [-0.2, -0.15) is 9.57 Å². The lowest BCUT2D eigenvalue weighted by molar-refractivity contribution is 0.374. The van der Waals surface area contributed by atoms with Crippen molar-refractivity contribution < 1.29 is 12.8 Å². The summed E-state index contributed by atoms with van der Waals surface area (Å²) < 4.78 is 29.6. The third kappa shape index (κ3) is 2.47. The van der Waals surface area contributed by atoms with Gasteiger partial charge in [0.05, 0.1) is 6.26 Å². The van der Waals surface area contributed by atoms with Crippen LogP contribution in [-0.4, -0.2) is 50.1 Å². The molecule has 0 saturated carbocycles. The standard InChI is InChI=1S/C10H14N4O3S/c1-8-12-9(7-11)10(17-8)13-3-5-14(6-4-13)18(2,15)16/h3-6H2,1-2H3. The average molecular weight is 270 g/mol. The highest BCUT2D eigenvalue weighted by Gasteiger charge is 2.27. The van der Waals surface area contributed by atoms with Crippen molar-refractivity contribution in [1.82, 2.24) is 9.29 Å². The van der Waals surface area contributed by atoms with Crippen molar-refractivity contribution in [2.24, 2.45) is 0 Å². The molecule has 1 aliphatic heterocycles. The Labute approximate surface area is 106 Å². The predicted molar refractivity (Wildman–Crippen MR) is 64.6 cm³/mol. The van der Waals surface area contributed by atoms with Crippen molar-refractivity contribution in [2.75, 3.05) is 37.3 Å². The van der Waals surface area contributed by atoms with E-state index in [4.69, 9.17) is 9.68 Å². The lowest BCUT2D eigenvalue weighted by Gasteiger charge is -2.32. The Kier molecular flexibility index (Phi) is 3.28. The summed E-state index contributed by atoms with van der Waals surface area (Å²) in [6.45, 7) is 3.46. The Bertz CT molecular complexity index is 579. The van der Waals surface area contributed by atoms with Crippen molar-refractivity contribution in [2.45, 2.75) is 6.92 Å². The molecule has 0 bridgehead atoms. The van der Waals surface area contributed by atoms with Gasteiger partial charge in [-0.05, 0) is 0 Å².